The number of carbonyl (C=O) groups is 1. The third kappa shape index (κ3) is 3.26. The number of aromatic nitrogens is 4. The highest BCUT2D eigenvalue weighted by Crippen LogP contribution is 2.37. The largest absolute Gasteiger partial charge is 0.482 e. The lowest BCUT2D eigenvalue weighted by atomic mass is 10.1. The maximum Gasteiger partial charge on any atom is 0.265 e. The van der Waals surface area contributed by atoms with E-state index in [1.807, 2.05) is 43.3 Å². The van der Waals surface area contributed by atoms with Crippen LogP contribution < -0.4 is 9.64 Å². The molecule has 2 aromatic heterocycles. The van der Waals surface area contributed by atoms with Crippen LogP contribution in [0.2, 0.25) is 0 Å². The number of amides is 1. The lowest BCUT2D eigenvalue weighted by Crippen LogP contribution is -2.40. The predicted octanol–water partition coefficient (Wildman–Crippen LogP) is 2.21. The molecule has 0 atom stereocenters. The van der Waals surface area contributed by atoms with Crippen molar-refractivity contribution in [2.75, 3.05) is 31.8 Å². The maximum atomic E-state index is 12.3. The molecule has 8 nitrogen and oxygen atoms in total. The third-order valence-electron chi connectivity index (χ3n) is 4.37. The van der Waals surface area contributed by atoms with Crippen LogP contribution in [0, 0.1) is 6.92 Å². The van der Waals surface area contributed by atoms with Crippen molar-refractivity contribution >= 4 is 11.6 Å². The van der Waals surface area contributed by atoms with E-state index in [1.165, 1.54) is 0 Å². The molecule has 0 saturated carbocycles. The summed E-state index contributed by atoms with van der Waals surface area (Å²) in [6.07, 6.45) is 0. The van der Waals surface area contributed by atoms with Crippen molar-refractivity contribution in [3.63, 3.8) is 0 Å². The molecule has 3 heterocycles. The van der Waals surface area contributed by atoms with Crippen LogP contribution in [0.1, 0.15) is 5.69 Å². The minimum Gasteiger partial charge on any atom is -0.482 e. The van der Waals surface area contributed by atoms with E-state index in [0.29, 0.717) is 36.0 Å². The molecule has 3 aromatic rings. The summed E-state index contributed by atoms with van der Waals surface area (Å²) in [5.74, 6) is 0.561. The topological polar surface area (TPSA) is 93.2 Å². The summed E-state index contributed by atoms with van der Waals surface area (Å²) >= 11 is 0. The summed E-state index contributed by atoms with van der Waals surface area (Å²) in [6.45, 7) is 2.86. The number of fused-ring (bicyclic) bond motifs is 1. The molecule has 0 radical (unpaired) electrons. The van der Waals surface area contributed by atoms with Crippen LogP contribution in [0.4, 0.5) is 5.69 Å². The van der Waals surface area contributed by atoms with E-state index >= 15 is 0 Å². The normalized spacial score (nSPS) is 13.4. The number of aromatic amines is 1. The number of nitrogens with zero attached hydrogens (tertiary/aromatic N) is 4. The van der Waals surface area contributed by atoms with Crippen molar-refractivity contribution in [3.05, 3.63) is 42.1 Å². The van der Waals surface area contributed by atoms with Crippen molar-refractivity contribution in [2.24, 2.45) is 0 Å². The summed E-state index contributed by atoms with van der Waals surface area (Å²) in [4.78, 5) is 18.5. The van der Waals surface area contributed by atoms with Crippen LogP contribution >= 0.6 is 0 Å². The average molecular weight is 365 g/mol. The Hall–Kier alpha value is -3.26. The molecule has 0 bridgehead atoms. The highest BCUT2D eigenvalue weighted by molar-refractivity contribution is 5.98. The molecular formula is C19H19N5O3. The summed E-state index contributed by atoms with van der Waals surface area (Å²) < 4.78 is 10.7. The number of H-pyrrole nitrogens is 1. The van der Waals surface area contributed by atoms with Crippen molar-refractivity contribution in [1.29, 1.82) is 0 Å². The smallest absolute Gasteiger partial charge is 0.265 e. The van der Waals surface area contributed by atoms with Gasteiger partial charge in [-0.2, -0.15) is 15.4 Å². The van der Waals surface area contributed by atoms with Gasteiger partial charge in [0, 0.05) is 24.9 Å². The number of ether oxygens (including phenoxy) is 2. The molecule has 0 saturated heterocycles. The van der Waals surface area contributed by atoms with Gasteiger partial charge in [0.1, 0.15) is 17.1 Å². The molecule has 1 aliphatic heterocycles. The van der Waals surface area contributed by atoms with E-state index in [0.717, 1.165) is 17.0 Å². The van der Waals surface area contributed by atoms with Crippen molar-refractivity contribution in [1.82, 2.24) is 20.4 Å². The standard InChI is InChI=1S/C19H19N5O3/c1-12-4-3-5-14(20-12)19-18(21-23-22-19)13-6-7-16-15(10-13)24(8-9-26-2)17(25)11-27-16/h3-7,10H,8-9,11H2,1-2H3,(H,21,22,23). The van der Waals surface area contributed by atoms with Crippen molar-refractivity contribution in [2.45, 2.75) is 6.92 Å². The number of carbonyl (C=O) groups excluding carboxylic acids is 1. The Bertz CT molecular complexity index is 985. The van der Waals surface area contributed by atoms with Crippen LogP contribution in [0.3, 0.4) is 0 Å². The van der Waals surface area contributed by atoms with E-state index < -0.39 is 0 Å². The molecule has 0 unspecified atom stereocenters. The first-order chi connectivity index (χ1) is 13.2. The lowest BCUT2D eigenvalue weighted by Gasteiger charge is -2.29. The lowest BCUT2D eigenvalue weighted by molar-refractivity contribution is -0.121. The minimum absolute atomic E-state index is 0.0263. The Labute approximate surface area is 156 Å². The molecule has 0 spiro atoms. The zero-order valence-corrected chi connectivity index (χ0v) is 15.1. The summed E-state index contributed by atoms with van der Waals surface area (Å²) in [7, 11) is 1.61. The molecule has 1 amide bonds. The van der Waals surface area contributed by atoms with E-state index in [1.54, 1.807) is 12.0 Å². The second kappa shape index (κ2) is 7.16. The van der Waals surface area contributed by atoms with Crippen molar-refractivity contribution < 1.29 is 14.3 Å². The molecule has 0 aliphatic carbocycles. The highest BCUT2D eigenvalue weighted by atomic mass is 16.5. The highest BCUT2D eigenvalue weighted by Gasteiger charge is 2.26. The molecule has 1 aromatic carbocycles. The number of pyridine rings is 1. The van der Waals surface area contributed by atoms with Crippen LogP contribution in [-0.4, -0.2) is 53.2 Å². The van der Waals surface area contributed by atoms with E-state index in [2.05, 4.69) is 20.4 Å². The quantitative estimate of drug-likeness (QED) is 0.745. The second-order valence-corrected chi connectivity index (χ2v) is 6.19. The van der Waals surface area contributed by atoms with Gasteiger partial charge in [0.15, 0.2) is 6.61 Å². The third-order valence-corrected chi connectivity index (χ3v) is 4.37. The van der Waals surface area contributed by atoms with Gasteiger partial charge < -0.3 is 14.4 Å². The first-order valence-electron chi connectivity index (χ1n) is 8.58. The number of benzene rings is 1. The number of anilines is 1. The van der Waals surface area contributed by atoms with E-state index in [-0.39, 0.29) is 12.5 Å². The number of nitrogens with one attached hydrogen (secondary N) is 1. The monoisotopic (exact) mass is 365 g/mol. The first kappa shape index (κ1) is 17.2. The molecule has 1 N–H and O–H groups in total. The Kier molecular flexibility index (Phi) is 4.55. The van der Waals surface area contributed by atoms with Gasteiger partial charge in [-0.05, 0) is 37.3 Å². The van der Waals surface area contributed by atoms with Crippen LogP contribution in [0.5, 0.6) is 5.75 Å². The van der Waals surface area contributed by atoms with Gasteiger partial charge in [-0.25, -0.2) is 0 Å². The van der Waals surface area contributed by atoms with Gasteiger partial charge >= 0.3 is 0 Å². The molecule has 1 aliphatic rings. The second-order valence-electron chi connectivity index (χ2n) is 6.19. The Morgan fingerprint density at radius 2 is 2.07 bits per heavy atom. The van der Waals surface area contributed by atoms with Gasteiger partial charge in [0.2, 0.25) is 0 Å². The van der Waals surface area contributed by atoms with Gasteiger partial charge in [-0.1, -0.05) is 6.07 Å². The summed E-state index contributed by atoms with van der Waals surface area (Å²) in [5.41, 5.74) is 4.48. The van der Waals surface area contributed by atoms with Gasteiger partial charge in [0.05, 0.1) is 18.0 Å². The Morgan fingerprint density at radius 3 is 2.89 bits per heavy atom. The van der Waals surface area contributed by atoms with Crippen molar-refractivity contribution in [3.8, 4) is 28.4 Å². The summed E-state index contributed by atoms with van der Waals surface area (Å²) in [6, 6.07) is 11.4. The van der Waals surface area contributed by atoms with Crippen LogP contribution in [0.15, 0.2) is 36.4 Å². The number of hydrogen-bond donors (Lipinski definition) is 1. The SMILES string of the molecule is COCCN1C(=O)COc2ccc(-c3n[nH]nc3-c3cccc(C)n3)cc21. The Morgan fingerprint density at radius 1 is 1.22 bits per heavy atom. The predicted molar refractivity (Wildman–Crippen MR) is 99.5 cm³/mol. The number of hydrogen-bond acceptors (Lipinski definition) is 6. The molecule has 0 fully saturated rings. The fraction of sp³-hybridized carbons (Fsp3) is 0.263. The maximum absolute atomic E-state index is 12.3. The first-order valence-corrected chi connectivity index (χ1v) is 8.58. The molecule has 8 heteroatoms. The number of rotatable bonds is 5. The fourth-order valence-corrected chi connectivity index (χ4v) is 3.06. The number of aryl methyl sites for hydroxylation is 1. The minimum atomic E-state index is -0.0996. The Balaban J connectivity index is 1.76. The average Bonchev–Trinajstić information content (AvgIpc) is 3.17. The van der Waals surface area contributed by atoms with Crippen LogP contribution in [0.25, 0.3) is 22.6 Å². The fourth-order valence-electron chi connectivity index (χ4n) is 3.06. The molecule has 138 valence electrons. The van der Waals surface area contributed by atoms with Gasteiger partial charge in [-0.3, -0.25) is 9.78 Å². The number of methoxy groups -OCH3 is 1. The van der Waals surface area contributed by atoms with Gasteiger partial charge in [0.25, 0.3) is 5.91 Å². The zero-order valence-electron chi connectivity index (χ0n) is 15.1. The molecule has 4 rings (SSSR count). The molecule has 27 heavy (non-hydrogen) atoms. The van der Waals surface area contributed by atoms with Crippen LogP contribution in [-0.2, 0) is 9.53 Å². The van der Waals surface area contributed by atoms with E-state index in [9.17, 15) is 4.79 Å². The van der Waals surface area contributed by atoms with Gasteiger partial charge in [-0.15, -0.1) is 0 Å². The van der Waals surface area contributed by atoms with E-state index in [4.69, 9.17) is 9.47 Å². The zero-order chi connectivity index (χ0) is 18.8. The summed E-state index contributed by atoms with van der Waals surface area (Å²) in [5, 5.41) is 11.2. The molecular weight excluding hydrogens is 346 g/mol.